The summed E-state index contributed by atoms with van der Waals surface area (Å²) in [5.41, 5.74) is 1.21. The third-order valence-corrected chi connectivity index (χ3v) is 3.08. The monoisotopic (exact) mass is 299 g/mol. The first-order valence-electron chi connectivity index (χ1n) is 6.21. The Morgan fingerprint density at radius 3 is 2.71 bits per heavy atom. The molecule has 0 radical (unpaired) electrons. The lowest BCUT2D eigenvalue weighted by Gasteiger charge is -2.18. The van der Waals surface area contributed by atoms with Crippen molar-refractivity contribution in [3.8, 4) is 0 Å². The number of hydrogen-bond donors (Lipinski definition) is 1. The van der Waals surface area contributed by atoms with Gasteiger partial charge in [-0.3, -0.25) is 0 Å². The van der Waals surface area contributed by atoms with Crippen molar-refractivity contribution in [1.29, 1.82) is 0 Å². The number of nitrogens with one attached hydrogen (secondary N) is 1. The Kier molecular flexibility index (Phi) is 6.78. The van der Waals surface area contributed by atoms with Gasteiger partial charge in [-0.15, -0.1) is 0 Å². The van der Waals surface area contributed by atoms with Crippen LogP contribution in [0.25, 0.3) is 0 Å². The van der Waals surface area contributed by atoms with E-state index in [1.807, 2.05) is 12.1 Å². The standard InChI is InChI=1S/C14H22BrNO/c1-4-14(9-16-11(2)3)17-10-12-6-5-7-13(15)8-12/h5-8,11,14,16H,4,9-10H2,1-3H3. The number of benzene rings is 1. The van der Waals surface area contributed by atoms with E-state index in [4.69, 9.17) is 4.74 Å². The summed E-state index contributed by atoms with van der Waals surface area (Å²) >= 11 is 3.47. The molecule has 2 nitrogen and oxygen atoms in total. The van der Waals surface area contributed by atoms with E-state index in [1.165, 1.54) is 5.56 Å². The molecular formula is C14H22BrNO. The van der Waals surface area contributed by atoms with Crippen LogP contribution in [0.15, 0.2) is 28.7 Å². The number of ether oxygens (including phenoxy) is 1. The molecule has 1 unspecified atom stereocenters. The average molecular weight is 300 g/mol. The zero-order valence-electron chi connectivity index (χ0n) is 10.9. The number of halogens is 1. The van der Waals surface area contributed by atoms with E-state index in [0.29, 0.717) is 12.6 Å². The molecular weight excluding hydrogens is 278 g/mol. The fourth-order valence-electron chi connectivity index (χ4n) is 1.53. The lowest BCUT2D eigenvalue weighted by molar-refractivity contribution is 0.0372. The molecule has 0 spiro atoms. The van der Waals surface area contributed by atoms with Crippen LogP contribution in [0.3, 0.4) is 0 Å². The lowest BCUT2D eigenvalue weighted by atomic mass is 10.2. The Morgan fingerprint density at radius 2 is 2.12 bits per heavy atom. The molecule has 0 bridgehead atoms. The van der Waals surface area contributed by atoms with Gasteiger partial charge >= 0.3 is 0 Å². The normalized spacial score (nSPS) is 13.0. The molecule has 0 saturated carbocycles. The highest BCUT2D eigenvalue weighted by atomic mass is 79.9. The predicted octanol–water partition coefficient (Wildman–Crippen LogP) is 3.74. The smallest absolute Gasteiger partial charge is 0.0721 e. The Bertz CT molecular complexity index is 328. The molecule has 0 amide bonds. The Morgan fingerprint density at radius 1 is 1.35 bits per heavy atom. The summed E-state index contributed by atoms with van der Waals surface area (Å²) in [4.78, 5) is 0. The molecule has 0 heterocycles. The highest BCUT2D eigenvalue weighted by molar-refractivity contribution is 9.10. The SMILES string of the molecule is CCC(CNC(C)C)OCc1cccc(Br)c1. The van der Waals surface area contributed by atoms with E-state index in [-0.39, 0.29) is 6.10 Å². The summed E-state index contributed by atoms with van der Waals surface area (Å²) in [6, 6.07) is 8.77. The van der Waals surface area contributed by atoms with Gasteiger partial charge in [0.25, 0.3) is 0 Å². The predicted molar refractivity (Wildman–Crippen MR) is 76.1 cm³/mol. The maximum atomic E-state index is 5.90. The van der Waals surface area contributed by atoms with Crippen molar-refractivity contribution < 1.29 is 4.74 Å². The van der Waals surface area contributed by atoms with Gasteiger partial charge in [-0.05, 0) is 24.1 Å². The van der Waals surface area contributed by atoms with Gasteiger partial charge in [0, 0.05) is 17.1 Å². The summed E-state index contributed by atoms with van der Waals surface area (Å²) in [5.74, 6) is 0. The molecule has 0 saturated heterocycles. The van der Waals surface area contributed by atoms with E-state index < -0.39 is 0 Å². The summed E-state index contributed by atoms with van der Waals surface area (Å²) in [6.45, 7) is 8.07. The molecule has 1 atom stereocenters. The summed E-state index contributed by atoms with van der Waals surface area (Å²) in [5, 5.41) is 3.41. The zero-order chi connectivity index (χ0) is 12.7. The van der Waals surface area contributed by atoms with Gasteiger partial charge in [0.1, 0.15) is 0 Å². The van der Waals surface area contributed by atoms with Gasteiger partial charge in [0.15, 0.2) is 0 Å². The van der Waals surface area contributed by atoms with Crippen LogP contribution in [0.1, 0.15) is 32.8 Å². The van der Waals surface area contributed by atoms with Gasteiger partial charge < -0.3 is 10.1 Å². The van der Waals surface area contributed by atoms with Crippen molar-refractivity contribution in [2.75, 3.05) is 6.54 Å². The molecule has 0 aliphatic rings. The first-order chi connectivity index (χ1) is 8.11. The van der Waals surface area contributed by atoms with Crippen molar-refractivity contribution in [3.63, 3.8) is 0 Å². The molecule has 0 aliphatic heterocycles. The van der Waals surface area contributed by atoms with Crippen LogP contribution >= 0.6 is 15.9 Å². The van der Waals surface area contributed by atoms with Crippen LogP contribution in [-0.2, 0) is 11.3 Å². The topological polar surface area (TPSA) is 21.3 Å². The van der Waals surface area contributed by atoms with Crippen LogP contribution < -0.4 is 5.32 Å². The quantitative estimate of drug-likeness (QED) is 0.828. The van der Waals surface area contributed by atoms with Crippen LogP contribution in [0.2, 0.25) is 0 Å². The second-order valence-electron chi connectivity index (χ2n) is 4.53. The molecule has 0 aromatic heterocycles. The lowest BCUT2D eigenvalue weighted by Crippen LogP contribution is -2.33. The highest BCUT2D eigenvalue weighted by Gasteiger charge is 2.07. The fraction of sp³-hybridized carbons (Fsp3) is 0.571. The van der Waals surface area contributed by atoms with Gasteiger partial charge in [0.2, 0.25) is 0 Å². The Balaban J connectivity index is 2.37. The largest absolute Gasteiger partial charge is 0.372 e. The molecule has 1 N–H and O–H groups in total. The van der Waals surface area contributed by atoms with Crippen LogP contribution in [-0.4, -0.2) is 18.7 Å². The highest BCUT2D eigenvalue weighted by Crippen LogP contribution is 2.13. The number of hydrogen-bond acceptors (Lipinski definition) is 2. The summed E-state index contributed by atoms with van der Waals surface area (Å²) in [7, 11) is 0. The van der Waals surface area contributed by atoms with E-state index in [2.05, 4.69) is 54.2 Å². The van der Waals surface area contributed by atoms with Crippen LogP contribution in [0.4, 0.5) is 0 Å². The summed E-state index contributed by atoms with van der Waals surface area (Å²) < 4.78 is 7.00. The summed E-state index contributed by atoms with van der Waals surface area (Å²) in [6.07, 6.45) is 1.32. The molecule has 1 rings (SSSR count). The minimum Gasteiger partial charge on any atom is -0.372 e. The first kappa shape index (κ1) is 14.7. The minimum atomic E-state index is 0.288. The average Bonchev–Trinajstić information content (AvgIpc) is 2.29. The van der Waals surface area contributed by atoms with Crippen molar-refractivity contribution in [2.24, 2.45) is 0 Å². The first-order valence-corrected chi connectivity index (χ1v) is 7.00. The maximum absolute atomic E-state index is 5.90. The van der Waals surface area contributed by atoms with Gasteiger partial charge in [-0.2, -0.15) is 0 Å². The van der Waals surface area contributed by atoms with E-state index in [9.17, 15) is 0 Å². The minimum absolute atomic E-state index is 0.288. The van der Waals surface area contributed by atoms with Gasteiger partial charge in [-0.1, -0.05) is 48.8 Å². The van der Waals surface area contributed by atoms with Crippen molar-refractivity contribution in [1.82, 2.24) is 5.32 Å². The second-order valence-corrected chi connectivity index (χ2v) is 5.45. The molecule has 96 valence electrons. The van der Waals surface area contributed by atoms with E-state index in [1.54, 1.807) is 0 Å². The van der Waals surface area contributed by atoms with Gasteiger partial charge in [-0.25, -0.2) is 0 Å². The third-order valence-electron chi connectivity index (χ3n) is 2.58. The second kappa shape index (κ2) is 7.85. The fourth-order valence-corrected chi connectivity index (χ4v) is 1.98. The molecule has 1 aromatic rings. The Hall–Kier alpha value is -0.380. The zero-order valence-corrected chi connectivity index (χ0v) is 12.5. The van der Waals surface area contributed by atoms with Crippen molar-refractivity contribution >= 4 is 15.9 Å². The molecule has 3 heteroatoms. The molecule has 17 heavy (non-hydrogen) atoms. The van der Waals surface area contributed by atoms with Crippen molar-refractivity contribution in [3.05, 3.63) is 34.3 Å². The third kappa shape index (κ3) is 6.20. The van der Waals surface area contributed by atoms with Crippen LogP contribution in [0.5, 0.6) is 0 Å². The number of rotatable bonds is 7. The van der Waals surface area contributed by atoms with Gasteiger partial charge in [0.05, 0.1) is 12.7 Å². The van der Waals surface area contributed by atoms with Crippen molar-refractivity contribution in [2.45, 2.75) is 45.9 Å². The maximum Gasteiger partial charge on any atom is 0.0721 e. The molecule has 1 aromatic carbocycles. The van der Waals surface area contributed by atoms with E-state index >= 15 is 0 Å². The van der Waals surface area contributed by atoms with E-state index in [0.717, 1.165) is 17.4 Å². The molecule has 0 fully saturated rings. The van der Waals surface area contributed by atoms with Crippen LogP contribution in [0, 0.1) is 0 Å². The Labute approximate surface area is 113 Å². The molecule has 0 aliphatic carbocycles.